The van der Waals surface area contributed by atoms with Gasteiger partial charge in [-0.2, -0.15) is 0 Å². The van der Waals surface area contributed by atoms with E-state index in [1.165, 1.54) is 27.8 Å². The third-order valence-electron chi connectivity index (χ3n) is 3.82. The molecule has 3 rings (SSSR count). The minimum Gasteiger partial charge on any atom is -0.491 e. The topological polar surface area (TPSA) is 64.3 Å². The molecule has 5 nitrogen and oxygen atoms in total. The number of thiophene rings is 1. The van der Waals surface area contributed by atoms with Gasteiger partial charge in [-0.15, -0.1) is 11.3 Å². The number of hydrogen-bond donors (Lipinski definition) is 1. The van der Waals surface area contributed by atoms with Crippen LogP contribution in [0.1, 0.15) is 17.4 Å². The first kappa shape index (κ1) is 16.7. The maximum Gasteiger partial charge on any atom is 0.262 e. The Labute approximate surface area is 144 Å². The molecular formula is C18H20N2O3S. The quantitative estimate of drug-likeness (QED) is 0.747. The third kappa shape index (κ3) is 3.66. The van der Waals surface area contributed by atoms with Gasteiger partial charge in [-0.05, 0) is 37.1 Å². The number of ether oxygens (including phenoxy) is 1. The molecule has 0 aliphatic rings. The van der Waals surface area contributed by atoms with Gasteiger partial charge in [0.05, 0.1) is 18.3 Å². The summed E-state index contributed by atoms with van der Waals surface area (Å²) in [5.74, 6) is 0.709. The number of benzene rings is 1. The highest BCUT2D eigenvalue weighted by atomic mass is 32.1. The monoisotopic (exact) mass is 344 g/mol. The van der Waals surface area contributed by atoms with Crippen LogP contribution in [0.4, 0.5) is 0 Å². The molecule has 0 aliphatic heterocycles. The molecular weight excluding hydrogens is 324 g/mol. The molecule has 0 radical (unpaired) electrons. The lowest BCUT2D eigenvalue weighted by Crippen LogP contribution is -2.30. The zero-order valence-electron chi connectivity index (χ0n) is 13.7. The Morgan fingerprint density at radius 3 is 2.79 bits per heavy atom. The molecule has 0 aliphatic carbocycles. The van der Waals surface area contributed by atoms with Crippen molar-refractivity contribution in [1.29, 1.82) is 0 Å². The van der Waals surface area contributed by atoms with E-state index in [2.05, 4.69) is 11.9 Å². The van der Waals surface area contributed by atoms with Gasteiger partial charge < -0.3 is 9.84 Å². The normalized spacial score (nSPS) is 12.5. The lowest BCUT2D eigenvalue weighted by Gasteiger charge is -2.14. The van der Waals surface area contributed by atoms with Crippen molar-refractivity contribution in [2.45, 2.75) is 32.9 Å². The molecule has 1 N–H and O–H groups in total. The molecule has 126 valence electrons. The third-order valence-corrected chi connectivity index (χ3v) is 4.78. The van der Waals surface area contributed by atoms with Gasteiger partial charge in [0.25, 0.3) is 5.56 Å². The van der Waals surface area contributed by atoms with E-state index in [-0.39, 0.29) is 18.7 Å². The highest BCUT2D eigenvalue weighted by Crippen LogP contribution is 2.19. The van der Waals surface area contributed by atoms with Crippen LogP contribution in [-0.2, 0) is 13.0 Å². The minimum atomic E-state index is -0.785. The number of aryl methyl sites for hydroxylation is 2. The molecule has 0 amide bonds. The summed E-state index contributed by atoms with van der Waals surface area (Å²) in [6, 6.07) is 9.62. The predicted molar refractivity (Wildman–Crippen MR) is 95.9 cm³/mol. The maximum absolute atomic E-state index is 12.4. The van der Waals surface area contributed by atoms with Crippen LogP contribution in [0.3, 0.4) is 0 Å². The van der Waals surface area contributed by atoms with Gasteiger partial charge in [-0.25, -0.2) is 4.98 Å². The Kier molecular flexibility index (Phi) is 4.97. The number of aliphatic hydroxyl groups is 1. The summed E-state index contributed by atoms with van der Waals surface area (Å²) < 4.78 is 7.02. The predicted octanol–water partition coefficient (Wildman–Crippen LogP) is 2.77. The molecule has 6 heteroatoms. The fraction of sp³-hybridized carbons (Fsp3) is 0.333. The molecule has 2 heterocycles. The van der Waals surface area contributed by atoms with Crippen LogP contribution in [0.5, 0.6) is 5.75 Å². The highest BCUT2D eigenvalue weighted by molar-refractivity contribution is 7.18. The van der Waals surface area contributed by atoms with Crippen molar-refractivity contribution in [3.05, 3.63) is 57.5 Å². The standard InChI is InChI=1S/C18H20N2O3S/c1-3-13-4-6-15(7-5-13)23-10-14(21)9-20-11-19-17-16(18(20)22)8-12(2)24-17/h4-8,11,14,21H,3,9-10H2,1-2H3. The average Bonchev–Trinajstić information content (AvgIpc) is 2.97. The van der Waals surface area contributed by atoms with E-state index in [1.54, 1.807) is 0 Å². The SMILES string of the molecule is CCc1ccc(OCC(O)Cn2cnc3sc(C)cc3c2=O)cc1. The molecule has 0 spiro atoms. The second kappa shape index (κ2) is 7.15. The van der Waals surface area contributed by atoms with E-state index in [1.807, 2.05) is 37.3 Å². The molecule has 1 atom stereocenters. The smallest absolute Gasteiger partial charge is 0.262 e. The number of nitrogens with zero attached hydrogens (tertiary/aromatic N) is 2. The zero-order chi connectivity index (χ0) is 17.1. The highest BCUT2D eigenvalue weighted by Gasteiger charge is 2.11. The van der Waals surface area contributed by atoms with Gasteiger partial charge in [0.15, 0.2) is 0 Å². The van der Waals surface area contributed by atoms with Crippen LogP contribution >= 0.6 is 11.3 Å². The Hall–Kier alpha value is -2.18. The number of fused-ring (bicyclic) bond motifs is 1. The van der Waals surface area contributed by atoms with Gasteiger partial charge in [0, 0.05) is 4.88 Å². The van der Waals surface area contributed by atoms with E-state index in [4.69, 9.17) is 4.74 Å². The van der Waals surface area contributed by atoms with Crippen LogP contribution in [0.25, 0.3) is 10.2 Å². The van der Waals surface area contributed by atoms with Crippen molar-refractivity contribution in [2.75, 3.05) is 6.61 Å². The van der Waals surface area contributed by atoms with Gasteiger partial charge >= 0.3 is 0 Å². The number of aliphatic hydroxyl groups excluding tert-OH is 1. The van der Waals surface area contributed by atoms with Crippen LogP contribution in [-0.4, -0.2) is 27.4 Å². The molecule has 2 aromatic heterocycles. The fourth-order valence-corrected chi connectivity index (χ4v) is 3.34. The molecule has 1 aromatic carbocycles. The van der Waals surface area contributed by atoms with Crippen LogP contribution < -0.4 is 10.3 Å². The maximum atomic E-state index is 12.4. The van der Waals surface area contributed by atoms with E-state index in [0.717, 1.165) is 16.1 Å². The molecule has 24 heavy (non-hydrogen) atoms. The Bertz CT molecular complexity index is 883. The van der Waals surface area contributed by atoms with Crippen LogP contribution in [0, 0.1) is 6.92 Å². The second-order valence-corrected chi connectivity index (χ2v) is 6.98. The zero-order valence-corrected chi connectivity index (χ0v) is 14.5. The van der Waals surface area contributed by atoms with Crippen molar-refractivity contribution in [3.8, 4) is 5.75 Å². The summed E-state index contributed by atoms with van der Waals surface area (Å²) in [4.78, 5) is 18.5. The largest absolute Gasteiger partial charge is 0.491 e. The van der Waals surface area contributed by atoms with Gasteiger partial charge in [-0.1, -0.05) is 19.1 Å². The lowest BCUT2D eigenvalue weighted by molar-refractivity contribution is 0.0915. The van der Waals surface area contributed by atoms with Gasteiger partial charge in [-0.3, -0.25) is 9.36 Å². The number of aromatic nitrogens is 2. The van der Waals surface area contributed by atoms with Gasteiger partial charge in [0.2, 0.25) is 0 Å². The molecule has 0 saturated carbocycles. The molecule has 0 bridgehead atoms. The van der Waals surface area contributed by atoms with Crippen molar-refractivity contribution < 1.29 is 9.84 Å². The molecule has 3 aromatic rings. The van der Waals surface area contributed by atoms with Crippen molar-refractivity contribution >= 4 is 21.6 Å². The summed E-state index contributed by atoms with van der Waals surface area (Å²) in [7, 11) is 0. The van der Waals surface area contributed by atoms with Gasteiger partial charge in [0.1, 0.15) is 23.3 Å². The Morgan fingerprint density at radius 2 is 2.08 bits per heavy atom. The number of rotatable bonds is 6. The van der Waals surface area contributed by atoms with Crippen LogP contribution in [0.15, 0.2) is 41.5 Å². The molecule has 0 fully saturated rings. The molecule has 0 saturated heterocycles. The summed E-state index contributed by atoms with van der Waals surface area (Å²) in [5, 5.41) is 10.8. The van der Waals surface area contributed by atoms with Crippen molar-refractivity contribution in [1.82, 2.24) is 9.55 Å². The van der Waals surface area contributed by atoms with E-state index in [0.29, 0.717) is 11.1 Å². The summed E-state index contributed by atoms with van der Waals surface area (Å²) in [6.45, 7) is 4.32. The Balaban J connectivity index is 1.65. The van der Waals surface area contributed by atoms with Crippen LogP contribution in [0.2, 0.25) is 0 Å². The average molecular weight is 344 g/mol. The summed E-state index contributed by atoms with van der Waals surface area (Å²) >= 11 is 1.49. The van der Waals surface area contributed by atoms with Crippen molar-refractivity contribution in [2.24, 2.45) is 0 Å². The van der Waals surface area contributed by atoms with E-state index >= 15 is 0 Å². The first-order chi connectivity index (χ1) is 11.6. The lowest BCUT2D eigenvalue weighted by atomic mass is 10.2. The van der Waals surface area contributed by atoms with Crippen molar-refractivity contribution in [3.63, 3.8) is 0 Å². The number of hydrogen-bond acceptors (Lipinski definition) is 5. The van der Waals surface area contributed by atoms with E-state index < -0.39 is 6.10 Å². The minimum absolute atomic E-state index is 0.124. The first-order valence-electron chi connectivity index (χ1n) is 7.92. The second-order valence-electron chi connectivity index (χ2n) is 5.74. The Morgan fingerprint density at radius 1 is 1.33 bits per heavy atom. The molecule has 1 unspecified atom stereocenters. The first-order valence-corrected chi connectivity index (χ1v) is 8.74. The summed E-state index contributed by atoms with van der Waals surface area (Å²) in [6.07, 6.45) is 1.68. The summed E-state index contributed by atoms with van der Waals surface area (Å²) in [5.41, 5.74) is 1.11. The fourth-order valence-electron chi connectivity index (χ4n) is 2.50. The van der Waals surface area contributed by atoms with E-state index in [9.17, 15) is 9.90 Å².